The zero-order valence-corrected chi connectivity index (χ0v) is 9.03. The fourth-order valence-electron chi connectivity index (χ4n) is 1.15. The van der Waals surface area contributed by atoms with Crippen LogP contribution in [0.2, 0.25) is 0 Å². The molecule has 0 aliphatic carbocycles. The molecule has 0 fully saturated rings. The molecule has 0 unspecified atom stereocenters. The van der Waals surface area contributed by atoms with E-state index < -0.39 is 17.6 Å². The highest BCUT2D eigenvalue weighted by atomic mass is 19.4. The van der Waals surface area contributed by atoms with Crippen LogP contribution in [0.15, 0.2) is 18.2 Å². The summed E-state index contributed by atoms with van der Waals surface area (Å²) in [5.74, 6) is -0.442. The largest absolute Gasteiger partial charge is 0.416 e. The topological polar surface area (TPSA) is 12.0 Å². The van der Waals surface area contributed by atoms with Crippen LogP contribution >= 0.6 is 0 Å². The minimum atomic E-state index is -4.44. The van der Waals surface area contributed by atoms with Gasteiger partial charge in [0.15, 0.2) is 0 Å². The standard InChI is InChI=1S/C11H13F4N/c1-7(2)6-16-10-5-8(11(13,14)15)3-4-9(10)12/h3-5,7,16H,6H2,1-2H3. The SMILES string of the molecule is CC(C)CNc1cc(C(F)(F)F)ccc1F. The van der Waals surface area contributed by atoms with Crippen molar-refractivity contribution in [3.8, 4) is 0 Å². The maximum Gasteiger partial charge on any atom is 0.416 e. The lowest BCUT2D eigenvalue weighted by Gasteiger charge is -2.12. The second kappa shape index (κ2) is 4.72. The number of rotatable bonds is 3. The number of hydrogen-bond donors (Lipinski definition) is 1. The van der Waals surface area contributed by atoms with E-state index >= 15 is 0 Å². The Hall–Kier alpha value is -1.26. The van der Waals surface area contributed by atoms with Crippen molar-refractivity contribution < 1.29 is 17.6 Å². The van der Waals surface area contributed by atoms with Gasteiger partial charge in [0.1, 0.15) is 5.82 Å². The van der Waals surface area contributed by atoms with Crippen LogP contribution in [0.25, 0.3) is 0 Å². The van der Waals surface area contributed by atoms with Crippen molar-refractivity contribution in [1.82, 2.24) is 0 Å². The molecule has 16 heavy (non-hydrogen) atoms. The van der Waals surface area contributed by atoms with E-state index in [0.29, 0.717) is 6.54 Å². The molecular weight excluding hydrogens is 222 g/mol. The summed E-state index contributed by atoms with van der Waals surface area (Å²) in [7, 11) is 0. The molecule has 1 N–H and O–H groups in total. The lowest BCUT2D eigenvalue weighted by molar-refractivity contribution is -0.137. The Bertz CT molecular complexity index is 357. The van der Waals surface area contributed by atoms with E-state index in [1.54, 1.807) is 0 Å². The van der Waals surface area contributed by atoms with Crippen molar-refractivity contribution >= 4 is 5.69 Å². The molecule has 0 heterocycles. The van der Waals surface area contributed by atoms with Crippen LogP contribution in [-0.2, 0) is 6.18 Å². The molecule has 1 nitrogen and oxygen atoms in total. The molecule has 1 aromatic carbocycles. The Labute approximate surface area is 91.5 Å². The molecule has 0 saturated carbocycles. The fourth-order valence-corrected chi connectivity index (χ4v) is 1.15. The summed E-state index contributed by atoms with van der Waals surface area (Å²) < 4.78 is 50.2. The van der Waals surface area contributed by atoms with Gasteiger partial charge >= 0.3 is 6.18 Å². The average molecular weight is 235 g/mol. The lowest BCUT2D eigenvalue weighted by Crippen LogP contribution is -2.11. The summed E-state index contributed by atoms with van der Waals surface area (Å²) in [4.78, 5) is 0. The van der Waals surface area contributed by atoms with Crippen molar-refractivity contribution in [3.63, 3.8) is 0 Å². The van der Waals surface area contributed by atoms with Crippen LogP contribution in [0, 0.1) is 11.7 Å². The maximum absolute atomic E-state index is 13.2. The van der Waals surface area contributed by atoms with Crippen LogP contribution in [0.3, 0.4) is 0 Å². The zero-order chi connectivity index (χ0) is 12.3. The smallest absolute Gasteiger partial charge is 0.382 e. The number of benzene rings is 1. The third-order valence-electron chi connectivity index (χ3n) is 1.99. The molecule has 0 spiro atoms. The molecule has 0 aliphatic rings. The van der Waals surface area contributed by atoms with Crippen LogP contribution in [0.1, 0.15) is 19.4 Å². The number of anilines is 1. The minimum Gasteiger partial charge on any atom is -0.382 e. The Balaban J connectivity index is 2.91. The molecule has 90 valence electrons. The van der Waals surface area contributed by atoms with Gasteiger partial charge in [-0.25, -0.2) is 4.39 Å². The van der Waals surface area contributed by atoms with Crippen molar-refractivity contribution in [1.29, 1.82) is 0 Å². The summed E-state index contributed by atoms with van der Waals surface area (Å²) in [6, 6.07) is 2.35. The predicted molar refractivity (Wildman–Crippen MR) is 54.7 cm³/mol. The predicted octanol–water partition coefficient (Wildman–Crippen LogP) is 3.91. The molecule has 0 bridgehead atoms. The first-order valence-electron chi connectivity index (χ1n) is 4.91. The molecular formula is C11H13F4N. The molecule has 0 aromatic heterocycles. The van der Waals surface area contributed by atoms with Gasteiger partial charge in [-0.1, -0.05) is 13.8 Å². The Kier molecular flexibility index (Phi) is 3.78. The van der Waals surface area contributed by atoms with Gasteiger partial charge in [0.25, 0.3) is 0 Å². The van der Waals surface area contributed by atoms with Crippen LogP contribution < -0.4 is 5.32 Å². The van der Waals surface area contributed by atoms with Gasteiger partial charge in [0.2, 0.25) is 0 Å². The van der Waals surface area contributed by atoms with Crippen LogP contribution in [0.4, 0.5) is 23.2 Å². The first kappa shape index (κ1) is 12.8. The normalized spacial score (nSPS) is 11.9. The molecule has 1 aromatic rings. The first-order valence-corrected chi connectivity index (χ1v) is 4.91. The van der Waals surface area contributed by atoms with Crippen molar-refractivity contribution in [3.05, 3.63) is 29.6 Å². The van der Waals surface area contributed by atoms with E-state index in [-0.39, 0.29) is 11.6 Å². The van der Waals surface area contributed by atoms with Crippen LogP contribution in [-0.4, -0.2) is 6.54 Å². The Morgan fingerprint density at radius 3 is 2.38 bits per heavy atom. The molecule has 0 radical (unpaired) electrons. The lowest BCUT2D eigenvalue weighted by atomic mass is 10.1. The van der Waals surface area contributed by atoms with E-state index in [2.05, 4.69) is 5.32 Å². The van der Waals surface area contributed by atoms with E-state index in [4.69, 9.17) is 0 Å². The molecule has 0 saturated heterocycles. The third-order valence-corrected chi connectivity index (χ3v) is 1.99. The molecule has 0 amide bonds. The Morgan fingerprint density at radius 2 is 1.88 bits per heavy atom. The van der Waals surface area contributed by atoms with Crippen LogP contribution in [0.5, 0.6) is 0 Å². The maximum atomic E-state index is 13.2. The van der Waals surface area contributed by atoms with Gasteiger partial charge in [-0.05, 0) is 24.1 Å². The van der Waals surface area contributed by atoms with Gasteiger partial charge in [-0.2, -0.15) is 13.2 Å². The van der Waals surface area contributed by atoms with Gasteiger partial charge in [0, 0.05) is 6.54 Å². The number of hydrogen-bond acceptors (Lipinski definition) is 1. The summed E-state index contributed by atoms with van der Waals surface area (Å²) in [6.45, 7) is 4.20. The van der Waals surface area contributed by atoms with Gasteiger partial charge in [-0.15, -0.1) is 0 Å². The third kappa shape index (κ3) is 3.40. The van der Waals surface area contributed by atoms with Gasteiger partial charge < -0.3 is 5.32 Å². The summed E-state index contributed by atoms with van der Waals surface area (Å²) in [5, 5.41) is 2.65. The highest BCUT2D eigenvalue weighted by molar-refractivity contribution is 5.48. The number of nitrogens with one attached hydrogen (secondary N) is 1. The van der Waals surface area contributed by atoms with E-state index in [1.165, 1.54) is 0 Å². The zero-order valence-electron chi connectivity index (χ0n) is 9.03. The average Bonchev–Trinajstić information content (AvgIpc) is 2.14. The van der Waals surface area contributed by atoms with E-state index in [9.17, 15) is 17.6 Å². The quantitative estimate of drug-likeness (QED) is 0.783. The summed E-state index contributed by atoms with van der Waals surface area (Å²) in [6.07, 6.45) is -4.44. The highest BCUT2D eigenvalue weighted by Crippen LogP contribution is 2.31. The van der Waals surface area contributed by atoms with Crippen molar-refractivity contribution in [2.45, 2.75) is 20.0 Å². The number of alkyl halides is 3. The molecule has 5 heteroatoms. The summed E-state index contributed by atoms with van der Waals surface area (Å²) in [5.41, 5.74) is -0.955. The molecule has 1 rings (SSSR count). The first-order chi connectivity index (χ1) is 7.30. The van der Waals surface area contributed by atoms with Gasteiger partial charge in [-0.3, -0.25) is 0 Å². The highest BCUT2D eigenvalue weighted by Gasteiger charge is 2.31. The second-order valence-corrected chi connectivity index (χ2v) is 3.97. The number of halogens is 4. The van der Waals surface area contributed by atoms with Crippen molar-refractivity contribution in [2.24, 2.45) is 5.92 Å². The Morgan fingerprint density at radius 1 is 1.25 bits per heavy atom. The monoisotopic (exact) mass is 235 g/mol. The summed E-state index contributed by atoms with van der Waals surface area (Å²) >= 11 is 0. The van der Waals surface area contributed by atoms with Gasteiger partial charge in [0.05, 0.1) is 11.3 Å². The van der Waals surface area contributed by atoms with E-state index in [1.807, 2.05) is 13.8 Å². The molecule has 0 aliphatic heterocycles. The second-order valence-electron chi connectivity index (χ2n) is 3.97. The molecule has 0 atom stereocenters. The van der Waals surface area contributed by atoms with E-state index in [0.717, 1.165) is 18.2 Å². The minimum absolute atomic E-state index is 0.108. The fraction of sp³-hybridized carbons (Fsp3) is 0.455. The van der Waals surface area contributed by atoms with Crippen molar-refractivity contribution in [2.75, 3.05) is 11.9 Å².